The quantitative estimate of drug-likeness (QED) is 0.420. The maximum Gasteiger partial charge on any atom is 0.229 e. The van der Waals surface area contributed by atoms with Crippen LogP contribution < -0.4 is 10.6 Å². The smallest absolute Gasteiger partial charge is 0.229 e. The van der Waals surface area contributed by atoms with Gasteiger partial charge < -0.3 is 15.2 Å². The highest BCUT2D eigenvalue weighted by Gasteiger charge is 2.36. The number of hydrogen-bond acceptors (Lipinski definition) is 7. The van der Waals surface area contributed by atoms with Crippen LogP contribution in [0.25, 0.3) is 22.3 Å². The molecule has 6 heterocycles. The zero-order chi connectivity index (χ0) is 25.1. The maximum absolute atomic E-state index is 15.0. The van der Waals surface area contributed by atoms with Crippen LogP contribution in [0.5, 0.6) is 0 Å². The van der Waals surface area contributed by atoms with Crippen molar-refractivity contribution in [2.75, 3.05) is 18.4 Å². The van der Waals surface area contributed by atoms with Crippen LogP contribution in [0.15, 0.2) is 36.7 Å². The first-order valence-corrected chi connectivity index (χ1v) is 12.9. The van der Waals surface area contributed by atoms with Gasteiger partial charge in [0.15, 0.2) is 11.6 Å². The standard InChI is InChI=1S/C27H28F2N8/c1-15-2-7-24-34-26-20(28)8-17(9-22(26)37(15)24)25-21(29)13-32-27(35-25)33-23-6-3-16(10-31-23)14-36-18-4-5-19(36)12-30-11-18/h3,6,8-10,13,15,18-19,30H,2,4-5,7,11-12,14H2,1H3,(H,31,32,33,35)/t15-,18?,19?/m1/s1. The fraction of sp³-hybridized carbons (Fsp3) is 0.407. The lowest BCUT2D eigenvalue weighted by atomic mass is 10.1. The van der Waals surface area contributed by atoms with Crippen LogP contribution in [0.3, 0.4) is 0 Å². The number of halogens is 2. The Morgan fingerprint density at radius 1 is 1.00 bits per heavy atom. The first-order valence-electron chi connectivity index (χ1n) is 12.9. The van der Waals surface area contributed by atoms with Gasteiger partial charge >= 0.3 is 0 Å². The number of hydrogen-bond donors (Lipinski definition) is 2. The molecule has 2 saturated heterocycles. The van der Waals surface area contributed by atoms with Crippen molar-refractivity contribution in [2.45, 2.75) is 57.3 Å². The number of fused-ring (bicyclic) bond motifs is 5. The van der Waals surface area contributed by atoms with Gasteiger partial charge in [-0.05, 0) is 49.9 Å². The molecule has 3 aliphatic heterocycles. The van der Waals surface area contributed by atoms with E-state index in [0.29, 0.717) is 34.5 Å². The number of nitrogens with zero attached hydrogens (tertiary/aromatic N) is 6. The molecule has 3 atom stereocenters. The number of aryl methyl sites for hydroxylation is 1. The molecule has 8 nitrogen and oxygen atoms in total. The molecule has 37 heavy (non-hydrogen) atoms. The summed E-state index contributed by atoms with van der Waals surface area (Å²) in [7, 11) is 0. The fourth-order valence-electron chi connectivity index (χ4n) is 6.15. The molecule has 0 radical (unpaired) electrons. The molecule has 10 heteroatoms. The average molecular weight is 503 g/mol. The number of anilines is 2. The molecule has 2 N–H and O–H groups in total. The molecular formula is C27H28F2N8. The summed E-state index contributed by atoms with van der Waals surface area (Å²) in [6.45, 7) is 5.06. The predicted molar refractivity (Wildman–Crippen MR) is 136 cm³/mol. The lowest BCUT2D eigenvalue weighted by Crippen LogP contribution is -2.51. The zero-order valence-electron chi connectivity index (χ0n) is 20.6. The molecule has 0 saturated carbocycles. The van der Waals surface area contributed by atoms with E-state index in [-0.39, 0.29) is 17.7 Å². The molecule has 0 spiro atoms. The molecule has 1 aromatic carbocycles. The lowest BCUT2D eigenvalue weighted by molar-refractivity contribution is 0.145. The summed E-state index contributed by atoms with van der Waals surface area (Å²) in [5.74, 6) is 0.526. The van der Waals surface area contributed by atoms with Crippen LogP contribution in [0.4, 0.5) is 20.5 Å². The summed E-state index contributed by atoms with van der Waals surface area (Å²) >= 11 is 0. The zero-order valence-corrected chi connectivity index (χ0v) is 20.6. The molecule has 2 unspecified atom stereocenters. The van der Waals surface area contributed by atoms with Gasteiger partial charge in [-0.2, -0.15) is 0 Å². The Labute approximate surface area is 213 Å². The van der Waals surface area contributed by atoms with Gasteiger partial charge in [0.1, 0.15) is 22.9 Å². The predicted octanol–water partition coefficient (Wildman–Crippen LogP) is 4.35. The molecule has 4 aromatic rings. The second kappa shape index (κ2) is 8.81. The lowest BCUT2D eigenvalue weighted by Gasteiger charge is -2.35. The van der Waals surface area contributed by atoms with Crippen LogP contribution in [-0.4, -0.2) is 54.6 Å². The summed E-state index contributed by atoms with van der Waals surface area (Å²) in [5.41, 5.74) is 2.51. The second-order valence-corrected chi connectivity index (χ2v) is 10.4. The van der Waals surface area contributed by atoms with E-state index in [4.69, 9.17) is 0 Å². The maximum atomic E-state index is 15.0. The first kappa shape index (κ1) is 22.7. The highest BCUT2D eigenvalue weighted by atomic mass is 19.1. The van der Waals surface area contributed by atoms with Crippen LogP contribution in [0.1, 0.15) is 43.6 Å². The Hall–Kier alpha value is -3.50. The number of aromatic nitrogens is 5. The van der Waals surface area contributed by atoms with E-state index < -0.39 is 11.6 Å². The van der Waals surface area contributed by atoms with Gasteiger partial charge in [-0.1, -0.05) is 6.07 Å². The van der Waals surface area contributed by atoms with Crippen LogP contribution in [-0.2, 0) is 13.0 Å². The van der Waals surface area contributed by atoms with Crippen molar-refractivity contribution < 1.29 is 8.78 Å². The Balaban J connectivity index is 1.13. The number of pyridine rings is 1. The van der Waals surface area contributed by atoms with Crippen molar-refractivity contribution in [1.29, 1.82) is 0 Å². The summed E-state index contributed by atoms with van der Waals surface area (Å²) < 4.78 is 31.8. The van der Waals surface area contributed by atoms with Crippen molar-refractivity contribution in [2.24, 2.45) is 0 Å². The second-order valence-electron chi connectivity index (χ2n) is 10.4. The van der Waals surface area contributed by atoms with E-state index in [2.05, 4.69) is 42.4 Å². The largest absolute Gasteiger partial charge is 0.325 e. The average Bonchev–Trinajstić information content (AvgIpc) is 3.51. The van der Waals surface area contributed by atoms with E-state index in [1.165, 1.54) is 18.9 Å². The number of rotatable bonds is 5. The van der Waals surface area contributed by atoms with Crippen LogP contribution >= 0.6 is 0 Å². The van der Waals surface area contributed by atoms with Crippen molar-refractivity contribution in [3.63, 3.8) is 0 Å². The summed E-state index contributed by atoms with van der Waals surface area (Å²) in [4.78, 5) is 20.0. The van der Waals surface area contributed by atoms with Crippen LogP contribution in [0.2, 0.25) is 0 Å². The van der Waals surface area contributed by atoms with Crippen molar-refractivity contribution >= 4 is 22.8 Å². The first-order chi connectivity index (χ1) is 18.0. The van der Waals surface area contributed by atoms with Gasteiger partial charge in [0.25, 0.3) is 0 Å². The third-order valence-electron chi connectivity index (χ3n) is 8.03. The summed E-state index contributed by atoms with van der Waals surface area (Å²) in [6.07, 6.45) is 7.22. The Morgan fingerprint density at radius 3 is 2.62 bits per heavy atom. The van der Waals surface area contributed by atoms with E-state index in [1.54, 1.807) is 6.07 Å². The SMILES string of the molecule is C[C@@H]1CCc2nc3c(F)cc(-c4nc(Nc5ccc(CN6C7CCC6CNC7)cn5)ncc4F)cc3n21. The number of nitrogens with one attached hydrogen (secondary N) is 2. The number of piperazine rings is 1. The Kier molecular flexibility index (Phi) is 5.40. The van der Waals surface area contributed by atoms with Gasteiger partial charge in [-0.15, -0.1) is 0 Å². The van der Waals surface area contributed by atoms with Gasteiger partial charge in [0.2, 0.25) is 5.95 Å². The van der Waals surface area contributed by atoms with E-state index in [0.717, 1.165) is 50.1 Å². The summed E-state index contributed by atoms with van der Waals surface area (Å²) in [6, 6.07) is 8.40. The minimum absolute atomic E-state index is 0.0327. The topological polar surface area (TPSA) is 83.8 Å². The van der Waals surface area contributed by atoms with Gasteiger partial charge in [0, 0.05) is 55.9 Å². The molecule has 7 rings (SSSR count). The molecular weight excluding hydrogens is 474 g/mol. The molecule has 190 valence electrons. The molecule has 0 amide bonds. The Bertz CT molecular complexity index is 1470. The third-order valence-corrected chi connectivity index (χ3v) is 8.03. The normalized spacial score (nSPS) is 23.1. The van der Waals surface area contributed by atoms with Gasteiger partial charge in [0.05, 0.1) is 11.7 Å². The van der Waals surface area contributed by atoms with Gasteiger partial charge in [-0.3, -0.25) is 4.90 Å². The Morgan fingerprint density at radius 2 is 1.84 bits per heavy atom. The van der Waals surface area contributed by atoms with Crippen molar-refractivity contribution in [1.82, 2.24) is 34.7 Å². The third kappa shape index (κ3) is 3.95. The highest BCUT2D eigenvalue weighted by Crippen LogP contribution is 2.35. The monoisotopic (exact) mass is 502 g/mol. The minimum atomic E-state index is -0.618. The minimum Gasteiger partial charge on any atom is -0.325 e. The van der Waals surface area contributed by atoms with Crippen molar-refractivity contribution in [3.05, 3.63) is 59.7 Å². The molecule has 2 fully saturated rings. The number of imidazole rings is 1. The van der Waals surface area contributed by atoms with Gasteiger partial charge in [-0.25, -0.2) is 28.7 Å². The number of benzene rings is 1. The van der Waals surface area contributed by atoms with E-state index in [1.807, 2.05) is 22.9 Å². The summed E-state index contributed by atoms with van der Waals surface area (Å²) in [5, 5.41) is 6.57. The van der Waals surface area contributed by atoms with Crippen molar-refractivity contribution in [3.8, 4) is 11.3 Å². The molecule has 3 aliphatic rings. The molecule has 0 aliphatic carbocycles. The van der Waals surface area contributed by atoms with E-state index in [9.17, 15) is 8.78 Å². The fourth-order valence-corrected chi connectivity index (χ4v) is 6.15. The molecule has 2 bridgehead atoms. The van der Waals surface area contributed by atoms with Crippen LogP contribution in [0, 0.1) is 11.6 Å². The molecule has 3 aromatic heterocycles. The van der Waals surface area contributed by atoms with E-state index >= 15 is 0 Å². The highest BCUT2D eigenvalue weighted by molar-refractivity contribution is 5.83.